The van der Waals surface area contributed by atoms with E-state index in [0.29, 0.717) is 0 Å². The Bertz CT molecular complexity index is 631. The Morgan fingerprint density at radius 1 is 1.10 bits per heavy atom. The van der Waals surface area contributed by atoms with Crippen LogP contribution in [0.5, 0.6) is 0 Å². The number of nitrogen functional groups attached to an aromatic ring is 1. The van der Waals surface area contributed by atoms with Crippen molar-refractivity contribution in [3.8, 4) is 11.1 Å². The monoisotopic (exact) mass is 300 g/mol. The van der Waals surface area contributed by atoms with E-state index in [0.717, 1.165) is 35.3 Å². The summed E-state index contributed by atoms with van der Waals surface area (Å²) in [6.45, 7) is 4.55. The second-order valence-electron chi connectivity index (χ2n) is 5.96. The maximum absolute atomic E-state index is 6.15. The van der Waals surface area contributed by atoms with E-state index in [1.54, 1.807) is 0 Å². The van der Waals surface area contributed by atoms with Crippen LogP contribution in [0.1, 0.15) is 19.8 Å². The molecule has 2 N–H and O–H groups in total. The fourth-order valence-corrected chi connectivity index (χ4v) is 3.16. The number of rotatable bonds is 2. The van der Waals surface area contributed by atoms with Crippen molar-refractivity contribution in [3.63, 3.8) is 0 Å². The lowest BCUT2D eigenvalue weighted by Gasteiger charge is -2.33. The molecule has 110 valence electrons. The van der Waals surface area contributed by atoms with Gasteiger partial charge in [0.2, 0.25) is 0 Å². The average Bonchev–Trinajstić information content (AvgIpc) is 2.48. The predicted octanol–water partition coefficient (Wildman–Crippen LogP) is 4.83. The molecule has 0 aromatic heterocycles. The zero-order valence-electron chi connectivity index (χ0n) is 12.3. The van der Waals surface area contributed by atoms with Crippen molar-refractivity contribution in [2.24, 2.45) is 5.92 Å². The molecular weight excluding hydrogens is 280 g/mol. The lowest BCUT2D eigenvalue weighted by Crippen LogP contribution is -2.33. The quantitative estimate of drug-likeness (QED) is 0.805. The minimum atomic E-state index is 0.758. The fourth-order valence-electron chi connectivity index (χ4n) is 2.97. The van der Waals surface area contributed by atoms with E-state index in [1.807, 2.05) is 24.3 Å². The SMILES string of the molecule is CC1CCN(c2ccc(N)cc2-c2cccc(Cl)c2)CC1. The zero-order valence-corrected chi connectivity index (χ0v) is 13.1. The van der Waals surface area contributed by atoms with Crippen LogP contribution in [0.4, 0.5) is 11.4 Å². The molecule has 1 heterocycles. The third kappa shape index (κ3) is 3.16. The maximum atomic E-state index is 6.15. The Hall–Kier alpha value is -1.67. The summed E-state index contributed by atoms with van der Waals surface area (Å²) in [7, 11) is 0. The summed E-state index contributed by atoms with van der Waals surface area (Å²) in [6.07, 6.45) is 2.50. The number of nitrogens with two attached hydrogens (primary N) is 1. The molecule has 1 saturated heterocycles. The van der Waals surface area contributed by atoms with E-state index in [9.17, 15) is 0 Å². The Morgan fingerprint density at radius 3 is 2.57 bits per heavy atom. The first-order valence-electron chi connectivity index (χ1n) is 7.54. The second kappa shape index (κ2) is 5.98. The molecule has 0 atom stereocenters. The van der Waals surface area contributed by atoms with Crippen LogP contribution in [0.3, 0.4) is 0 Å². The first-order valence-corrected chi connectivity index (χ1v) is 7.91. The van der Waals surface area contributed by atoms with Crippen LogP contribution in [0.25, 0.3) is 11.1 Å². The van der Waals surface area contributed by atoms with Gasteiger partial charge in [0.05, 0.1) is 0 Å². The van der Waals surface area contributed by atoms with Crippen molar-refractivity contribution in [3.05, 3.63) is 47.5 Å². The summed E-state index contributed by atoms with van der Waals surface area (Å²) in [4.78, 5) is 2.47. The van der Waals surface area contributed by atoms with Crippen LogP contribution in [0.15, 0.2) is 42.5 Å². The topological polar surface area (TPSA) is 29.3 Å². The molecule has 0 amide bonds. The van der Waals surface area contributed by atoms with Gasteiger partial charge in [-0.2, -0.15) is 0 Å². The second-order valence-corrected chi connectivity index (χ2v) is 6.39. The van der Waals surface area contributed by atoms with E-state index in [-0.39, 0.29) is 0 Å². The van der Waals surface area contributed by atoms with Gasteiger partial charge in [-0.25, -0.2) is 0 Å². The number of hydrogen-bond acceptors (Lipinski definition) is 2. The van der Waals surface area contributed by atoms with Crippen molar-refractivity contribution in [2.45, 2.75) is 19.8 Å². The van der Waals surface area contributed by atoms with E-state index >= 15 is 0 Å². The number of halogens is 1. The van der Waals surface area contributed by atoms with Gasteiger partial charge in [-0.3, -0.25) is 0 Å². The van der Waals surface area contributed by atoms with Crippen LogP contribution >= 0.6 is 11.6 Å². The van der Waals surface area contributed by atoms with Crippen molar-refractivity contribution in [1.29, 1.82) is 0 Å². The van der Waals surface area contributed by atoms with Gasteiger partial charge < -0.3 is 10.6 Å². The normalized spacial score (nSPS) is 16.2. The van der Waals surface area contributed by atoms with Gasteiger partial charge in [-0.05, 0) is 54.7 Å². The van der Waals surface area contributed by atoms with Crippen LogP contribution < -0.4 is 10.6 Å². The van der Waals surface area contributed by atoms with Crippen LogP contribution in [-0.4, -0.2) is 13.1 Å². The molecule has 3 rings (SSSR count). The van der Waals surface area contributed by atoms with Crippen LogP contribution in [-0.2, 0) is 0 Å². The summed E-state index contributed by atoms with van der Waals surface area (Å²) < 4.78 is 0. The minimum Gasteiger partial charge on any atom is -0.399 e. The lowest BCUT2D eigenvalue weighted by molar-refractivity contribution is 0.438. The Kier molecular flexibility index (Phi) is 4.07. The molecule has 0 aliphatic carbocycles. The van der Waals surface area contributed by atoms with Gasteiger partial charge in [-0.1, -0.05) is 30.7 Å². The van der Waals surface area contributed by atoms with Crippen LogP contribution in [0.2, 0.25) is 5.02 Å². The summed E-state index contributed by atoms with van der Waals surface area (Å²) in [5, 5.41) is 0.758. The summed E-state index contributed by atoms with van der Waals surface area (Å²) in [6, 6.07) is 14.2. The molecule has 0 saturated carbocycles. The summed E-state index contributed by atoms with van der Waals surface area (Å²) in [5.74, 6) is 0.824. The molecule has 0 spiro atoms. The molecule has 1 aliphatic heterocycles. The zero-order chi connectivity index (χ0) is 14.8. The van der Waals surface area contributed by atoms with Gasteiger partial charge in [-0.15, -0.1) is 0 Å². The molecule has 0 radical (unpaired) electrons. The molecule has 0 unspecified atom stereocenters. The molecule has 2 nitrogen and oxygen atoms in total. The van der Waals surface area contributed by atoms with Crippen molar-refractivity contribution in [1.82, 2.24) is 0 Å². The Labute approximate surface area is 131 Å². The average molecular weight is 301 g/mol. The Balaban J connectivity index is 2.01. The fraction of sp³-hybridized carbons (Fsp3) is 0.333. The molecular formula is C18H21ClN2. The Morgan fingerprint density at radius 2 is 1.86 bits per heavy atom. The minimum absolute atomic E-state index is 0.758. The van der Waals surface area contributed by atoms with E-state index in [1.165, 1.54) is 24.1 Å². The molecule has 1 aliphatic rings. The predicted molar refractivity (Wildman–Crippen MR) is 91.9 cm³/mol. The first-order chi connectivity index (χ1) is 10.1. The standard InChI is InChI=1S/C18H21ClN2/c1-13-7-9-21(10-8-13)18-6-5-16(20)12-17(18)14-3-2-4-15(19)11-14/h2-6,11-13H,7-10,20H2,1H3. The van der Waals surface area contributed by atoms with E-state index < -0.39 is 0 Å². The smallest absolute Gasteiger partial charge is 0.0447 e. The number of nitrogens with zero attached hydrogens (tertiary/aromatic N) is 1. The summed E-state index contributed by atoms with van der Waals surface area (Å²) >= 11 is 6.15. The highest BCUT2D eigenvalue weighted by Crippen LogP contribution is 2.35. The van der Waals surface area contributed by atoms with E-state index in [4.69, 9.17) is 17.3 Å². The molecule has 2 aromatic rings. The molecule has 21 heavy (non-hydrogen) atoms. The number of hydrogen-bond donors (Lipinski definition) is 1. The third-order valence-electron chi connectivity index (χ3n) is 4.28. The van der Waals surface area contributed by atoms with Gasteiger partial charge in [0, 0.05) is 35.1 Å². The van der Waals surface area contributed by atoms with E-state index in [2.05, 4.69) is 30.0 Å². The number of anilines is 2. The van der Waals surface area contributed by atoms with Gasteiger partial charge in [0.25, 0.3) is 0 Å². The highest BCUT2D eigenvalue weighted by Gasteiger charge is 2.19. The van der Waals surface area contributed by atoms with Crippen LogP contribution in [0, 0.1) is 5.92 Å². The van der Waals surface area contributed by atoms with Crippen molar-refractivity contribution in [2.75, 3.05) is 23.7 Å². The van der Waals surface area contributed by atoms with Gasteiger partial charge >= 0.3 is 0 Å². The number of benzene rings is 2. The summed E-state index contributed by atoms with van der Waals surface area (Å²) in [5.41, 5.74) is 10.4. The lowest BCUT2D eigenvalue weighted by atomic mass is 9.96. The largest absolute Gasteiger partial charge is 0.399 e. The molecule has 0 bridgehead atoms. The van der Waals surface area contributed by atoms with Crippen molar-refractivity contribution >= 4 is 23.0 Å². The van der Waals surface area contributed by atoms with Gasteiger partial charge in [0.15, 0.2) is 0 Å². The molecule has 3 heteroatoms. The number of piperidine rings is 1. The highest BCUT2D eigenvalue weighted by atomic mass is 35.5. The van der Waals surface area contributed by atoms with Gasteiger partial charge in [0.1, 0.15) is 0 Å². The maximum Gasteiger partial charge on any atom is 0.0447 e. The third-order valence-corrected chi connectivity index (χ3v) is 4.52. The first kappa shape index (κ1) is 14.3. The molecule has 1 fully saturated rings. The highest BCUT2D eigenvalue weighted by molar-refractivity contribution is 6.30. The van der Waals surface area contributed by atoms with Crippen molar-refractivity contribution < 1.29 is 0 Å². The molecule has 2 aromatic carbocycles.